The van der Waals surface area contributed by atoms with Crippen LogP contribution in [0.15, 0.2) is 24.3 Å². The van der Waals surface area contributed by atoms with Crippen LogP contribution < -0.4 is 5.32 Å². The van der Waals surface area contributed by atoms with E-state index in [2.05, 4.69) is 5.32 Å². The van der Waals surface area contributed by atoms with Crippen molar-refractivity contribution in [2.75, 3.05) is 0 Å². The number of hydrogen-bond donors (Lipinski definition) is 1. The van der Waals surface area contributed by atoms with Crippen molar-refractivity contribution in [3.05, 3.63) is 34.9 Å². The van der Waals surface area contributed by atoms with Gasteiger partial charge in [-0.25, -0.2) is 0 Å². The first-order valence-electron chi connectivity index (χ1n) is 6.96. The van der Waals surface area contributed by atoms with E-state index in [0.29, 0.717) is 5.02 Å². The molecular formula is C13H18ClNO. The van der Waals surface area contributed by atoms with Gasteiger partial charge in [-0.2, -0.15) is 0 Å². The molecule has 88 valence electrons. The highest BCUT2D eigenvalue weighted by Crippen LogP contribution is 2.13. The zero-order valence-electron chi connectivity index (χ0n) is 13.6. The molecule has 0 saturated heterocycles. The van der Waals surface area contributed by atoms with Crippen molar-refractivity contribution in [3.8, 4) is 0 Å². The maximum Gasteiger partial charge on any atom is 0.179 e. The van der Waals surface area contributed by atoms with Crippen molar-refractivity contribution in [2.45, 2.75) is 39.2 Å². The molecule has 0 spiro atoms. The molecule has 2 nitrogen and oxygen atoms in total. The van der Waals surface area contributed by atoms with Crippen molar-refractivity contribution in [1.82, 2.24) is 5.32 Å². The predicted octanol–water partition coefficient (Wildman–Crippen LogP) is 3.30. The topological polar surface area (TPSA) is 29.1 Å². The van der Waals surface area contributed by atoms with Gasteiger partial charge in [-0.15, -0.1) is 0 Å². The van der Waals surface area contributed by atoms with Gasteiger partial charge in [0.15, 0.2) is 5.78 Å². The number of halogens is 1. The van der Waals surface area contributed by atoms with Crippen molar-refractivity contribution < 1.29 is 10.3 Å². The van der Waals surface area contributed by atoms with E-state index < -0.39 is 24.2 Å². The molecule has 0 aliphatic heterocycles. The van der Waals surface area contributed by atoms with E-state index in [-0.39, 0.29) is 5.56 Å². The van der Waals surface area contributed by atoms with Crippen LogP contribution >= 0.6 is 11.6 Å². The maximum absolute atomic E-state index is 12.3. The van der Waals surface area contributed by atoms with Crippen LogP contribution in [0.1, 0.15) is 43.5 Å². The first-order chi connectivity index (χ1) is 8.87. The molecule has 0 aromatic heterocycles. The average molecular weight is 244 g/mol. The minimum Gasteiger partial charge on any atom is -0.303 e. The second-order valence-electron chi connectivity index (χ2n) is 4.21. The molecule has 1 rings (SSSR count). The van der Waals surface area contributed by atoms with E-state index in [9.17, 15) is 4.79 Å². The molecule has 0 fully saturated rings. The van der Waals surface area contributed by atoms with Crippen molar-refractivity contribution in [3.63, 3.8) is 0 Å². The van der Waals surface area contributed by atoms with Gasteiger partial charge in [0.1, 0.15) is 0 Å². The molecule has 0 unspecified atom stereocenters. The highest BCUT2D eigenvalue weighted by Gasteiger charge is 2.20. The summed E-state index contributed by atoms with van der Waals surface area (Å²) in [6.45, 7) is 1.89. The van der Waals surface area contributed by atoms with Gasteiger partial charge < -0.3 is 5.32 Å². The molecule has 1 atom stereocenters. The van der Waals surface area contributed by atoms with E-state index in [4.69, 9.17) is 17.1 Å². The Kier molecular flexibility index (Phi) is 2.57. The SMILES string of the molecule is [2H]C([2H])([2H])C(C)(C)N[C@]([2H])(C)C(=O)c1cccc(Cl)c1. The van der Waals surface area contributed by atoms with Gasteiger partial charge in [0.2, 0.25) is 0 Å². The molecule has 0 aliphatic carbocycles. The second-order valence-corrected chi connectivity index (χ2v) is 4.65. The van der Waals surface area contributed by atoms with Crippen LogP contribution in [0.3, 0.4) is 0 Å². The summed E-state index contributed by atoms with van der Waals surface area (Å²) in [7, 11) is 0. The molecule has 1 aromatic carbocycles. The summed E-state index contributed by atoms with van der Waals surface area (Å²) in [5.41, 5.74) is -1.10. The highest BCUT2D eigenvalue weighted by atomic mass is 35.5. The molecule has 0 bridgehead atoms. The molecule has 0 radical (unpaired) electrons. The van der Waals surface area contributed by atoms with Gasteiger partial charge in [0, 0.05) is 20.2 Å². The lowest BCUT2D eigenvalue weighted by Gasteiger charge is -2.25. The van der Waals surface area contributed by atoms with Crippen LogP contribution in [0.5, 0.6) is 0 Å². The molecule has 1 aromatic rings. The Labute approximate surface area is 108 Å². The fourth-order valence-corrected chi connectivity index (χ4v) is 1.56. The fourth-order valence-electron chi connectivity index (χ4n) is 1.37. The molecule has 1 N–H and O–H groups in total. The van der Waals surface area contributed by atoms with Gasteiger partial charge in [-0.3, -0.25) is 4.79 Å². The number of hydrogen-bond acceptors (Lipinski definition) is 2. The van der Waals surface area contributed by atoms with Gasteiger partial charge in [-0.1, -0.05) is 23.7 Å². The highest BCUT2D eigenvalue weighted by molar-refractivity contribution is 6.31. The van der Waals surface area contributed by atoms with Gasteiger partial charge in [0.05, 0.1) is 7.39 Å². The van der Waals surface area contributed by atoms with E-state index >= 15 is 0 Å². The zero-order chi connectivity index (χ0) is 15.8. The summed E-state index contributed by atoms with van der Waals surface area (Å²) in [5.74, 6) is -0.530. The van der Waals surface area contributed by atoms with Crippen LogP contribution in [0.4, 0.5) is 0 Å². The summed E-state index contributed by atoms with van der Waals surface area (Å²) >= 11 is 5.82. The number of Topliss-reactive ketones (excluding diaryl/α,β-unsaturated/α-hetero) is 1. The van der Waals surface area contributed by atoms with E-state index in [1.807, 2.05) is 0 Å². The van der Waals surface area contributed by atoms with Crippen LogP contribution in [0.2, 0.25) is 5.02 Å². The third-order valence-corrected chi connectivity index (χ3v) is 2.16. The monoisotopic (exact) mass is 243 g/mol. The van der Waals surface area contributed by atoms with Crippen molar-refractivity contribution >= 4 is 17.4 Å². The second kappa shape index (κ2) is 4.98. The Morgan fingerprint density at radius 2 is 2.31 bits per heavy atom. The standard InChI is InChI=1S/C13H18ClNO/c1-9(15-13(2,3)4)12(16)10-6-5-7-11(14)8-10/h5-9,15H,1-4H3/t9-/m1/s1/i2D3,9D. The lowest BCUT2D eigenvalue weighted by Crippen LogP contribution is -2.46. The summed E-state index contributed by atoms with van der Waals surface area (Å²) in [5, 5.41) is 2.99. The lowest BCUT2D eigenvalue weighted by molar-refractivity contribution is 0.0936. The minimum absolute atomic E-state index is 0.267. The van der Waals surface area contributed by atoms with Crippen molar-refractivity contribution in [2.24, 2.45) is 0 Å². The Bertz CT molecular complexity index is 511. The van der Waals surface area contributed by atoms with E-state index in [1.54, 1.807) is 18.2 Å². The maximum atomic E-state index is 12.3. The van der Waals surface area contributed by atoms with Gasteiger partial charge in [0.25, 0.3) is 0 Å². The van der Waals surface area contributed by atoms with Crippen LogP contribution in [-0.4, -0.2) is 17.3 Å². The Morgan fingerprint density at radius 3 is 2.88 bits per heavy atom. The van der Waals surface area contributed by atoms with Crippen LogP contribution in [-0.2, 0) is 0 Å². The molecule has 16 heavy (non-hydrogen) atoms. The normalized spacial score (nSPS) is 20.0. The van der Waals surface area contributed by atoms with Crippen molar-refractivity contribution in [1.29, 1.82) is 0 Å². The summed E-state index contributed by atoms with van der Waals surface area (Å²) in [4.78, 5) is 12.3. The molecular weight excluding hydrogens is 222 g/mol. The van der Waals surface area contributed by atoms with Gasteiger partial charge >= 0.3 is 0 Å². The van der Waals surface area contributed by atoms with E-state index in [1.165, 1.54) is 26.8 Å². The fraction of sp³-hybridized carbons (Fsp3) is 0.462. The molecule has 0 aliphatic rings. The predicted molar refractivity (Wildman–Crippen MR) is 68.1 cm³/mol. The third kappa shape index (κ3) is 3.95. The first-order valence-corrected chi connectivity index (χ1v) is 5.34. The number of carbonyl (C=O) groups excluding carboxylic acids is 1. The summed E-state index contributed by atoms with van der Waals surface area (Å²) in [6.07, 6.45) is 0. The quantitative estimate of drug-likeness (QED) is 0.826. The smallest absolute Gasteiger partial charge is 0.179 e. The summed E-state index contributed by atoms with van der Waals surface area (Å²) < 4.78 is 30.5. The van der Waals surface area contributed by atoms with Crippen LogP contribution in [0, 0.1) is 0 Å². The molecule has 3 heteroatoms. The van der Waals surface area contributed by atoms with E-state index in [0.717, 1.165) is 0 Å². The van der Waals surface area contributed by atoms with Crippen LogP contribution in [0.25, 0.3) is 0 Å². The Hall–Kier alpha value is -0.860. The number of nitrogens with one attached hydrogen (secondary N) is 1. The first kappa shape index (κ1) is 8.26. The summed E-state index contributed by atoms with van der Waals surface area (Å²) in [6, 6.07) is 4.48. The number of ketones is 1. The Balaban J connectivity index is 3.02. The molecule has 0 saturated carbocycles. The third-order valence-electron chi connectivity index (χ3n) is 1.93. The molecule has 0 heterocycles. The number of benzene rings is 1. The minimum atomic E-state index is -2.33. The average Bonchev–Trinajstić information content (AvgIpc) is 2.25. The molecule has 0 amide bonds. The zero-order valence-corrected chi connectivity index (χ0v) is 10.4. The van der Waals surface area contributed by atoms with Gasteiger partial charge in [-0.05, 0) is 39.8 Å². The number of carbonyl (C=O) groups is 1. The lowest BCUT2D eigenvalue weighted by atomic mass is 10.0. The Morgan fingerprint density at radius 1 is 1.62 bits per heavy atom. The largest absolute Gasteiger partial charge is 0.303 e. The number of rotatable bonds is 3.